The van der Waals surface area contributed by atoms with Gasteiger partial charge in [0, 0.05) is 5.92 Å². The van der Waals surface area contributed by atoms with E-state index in [1.165, 1.54) is 0 Å². The molecule has 1 saturated heterocycles. The Hall–Kier alpha value is -1.72. The standard InChI is InChI=1S/C21H26O4/c1-15-16(2)25-21(22)20(24-14-18-11-7-4-8-12-18)19(15)23-13-17-9-5-3-6-10-17/h3-12,15-16,19-22H,13-14H2,1-2H3/t15-,16-,19+,20-,21?/m1/s1. The second-order valence-corrected chi connectivity index (χ2v) is 6.61. The number of hydrogen-bond acceptors (Lipinski definition) is 4. The summed E-state index contributed by atoms with van der Waals surface area (Å²) in [5.74, 6) is 0.118. The molecule has 4 nitrogen and oxygen atoms in total. The molecule has 2 aromatic carbocycles. The molecule has 25 heavy (non-hydrogen) atoms. The van der Waals surface area contributed by atoms with Crippen molar-refractivity contribution in [1.82, 2.24) is 0 Å². The van der Waals surface area contributed by atoms with Crippen LogP contribution >= 0.6 is 0 Å². The molecule has 2 aromatic rings. The summed E-state index contributed by atoms with van der Waals surface area (Å²) in [6.07, 6.45) is -1.83. The Morgan fingerprint density at radius 1 is 0.800 bits per heavy atom. The van der Waals surface area contributed by atoms with Gasteiger partial charge in [-0.1, -0.05) is 67.6 Å². The fourth-order valence-electron chi connectivity index (χ4n) is 3.11. The second kappa shape index (κ2) is 8.59. The molecule has 0 saturated carbocycles. The van der Waals surface area contributed by atoms with Crippen LogP contribution in [0.15, 0.2) is 60.7 Å². The number of aliphatic hydroxyl groups excluding tert-OH is 1. The number of aliphatic hydroxyl groups is 1. The van der Waals surface area contributed by atoms with Crippen molar-refractivity contribution in [3.63, 3.8) is 0 Å². The van der Waals surface area contributed by atoms with Crippen molar-refractivity contribution in [3.8, 4) is 0 Å². The molecular weight excluding hydrogens is 316 g/mol. The summed E-state index contributed by atoms with van der Waals surface area (Å²) < 4.78 is 17.8. The maximum atomic E-state index is 10.4. The molecule has 5 atom stereocenters. The predicted molar refractivity (Wildman–Crippen MR) is 95.8 cm³/mol. The summed E-state index contributed by atoms with van der Waals surface area (Å²) in [6.45, 7) is 4.93. The zero-order valence-corrected chi connectivity index (χ0v) is 14.7. The SMILES string of the molecule is C[C@H]1[C@H](OCc2ccccc2)[C@@H](OCc2ccccc2)C(O)O[C@@H]1C. The minimum absolute atomic E-state index is 0.0904. The van der Waals surface area contributed by atoms with Crippen molar-refractivity contribution < 1.29 is 19.3 Å². The topological polar surface area (TPSA) is 47.9 Å². The molecule has 0 amide bonds. The summed E-state index contributed by atoms with van der Waals surface area (Å²) >= 11 is 0. The molecule has 0 aromatic heterocycles. The molecule has 0 radical (unpaired) electrons. The van der Waals surface area contributed by atoms with Crippen LogP contribution < -0.4 is 0 Å². The summed E-state index contributed by atoms with van der Waals surface area (Å²) in [4.78, 5) is 0. The normalized spacial score (nSPS) is 29.5. The van der Waals surface area contributed by atoms with Crippen molar-refractivity contribution >= 4 is 0 Å². The van der Waals surface area contributed by atoms with E-state index in [2.05, 4.69) is 6.92 Å². The highest BCUT2D eigenvalue weighted by Crippen LogP contribution is 2.30. The van der Waals surface area contributed by atoms with E-state index in [9.17, 15) is 5.11 Å². The predicted octanol–water partition coefficient (Wildman–Crippen LogP) is 3.53. The molecule has 134 valence electrons. The molecule has 1 aliphatic heterocycles. The van der Waals surface area contributed by atoms with Crippen LogP contribution in [0.1, 0.15) is 25.0 Å². The van der Waals surface area contributed by atoms with E-state index in [4.69, 9.17) is 14.2 Å². The van der Waals surface area contributed by atoms with Crippen molar-refractivity contribution in [2.75, 3.05) is 0 Å². The zero-order valence-electron chi connectivity index (χ0n) is 14.7. The lowest BCUT2D eigenvalue weighted by Gasteiger charge is -2.42. The lowest BCUT2D eigenvalue weighted by molar-refractivity contribution is -0.286. The van der Waals surface area contributed by atoms with Crippen LogP contribution in [0.5, 0.6) is 0 Å². The van der Waals surface area contributed by atoms with Crippen LogP contribution in [0.2, 0.25) is 0 Å². The third-order valence-electron chi connectivity index (χ3n) is 4.79. The Morgan fingerprint density at radius 2 is 1.28 bits per heavy atom. The monoisotopic (exact) mass is 342 g/mol. The molecular formula is C21H26O4. The first-order valence-electron chi connectivity index (χ1n) is 8.79. The maximum Gasteiger partial charge on any atom is 0.184 e. The Bertz CT molecular complexity index is 631. The molecule has 1 unspecified atom stereocenters. The van der Waals surface area contributed by atoms with Gasteiger partial charge in [-0.05, 0) is 18.1 Å². The first kappa shape index (κ1) is 18.1. The number of rotatable bonds is 6. The summed E-state index contributed by atoms with van der Waals surface area (Å²) in [5, 5.41) is 10.4. The number of benzene rings is 2. The second-order valence-electron chi connectivity index (χ2n) is 6.61. The Labute approximate surface area is 149 Å². The molecule has 0 aliphatic carbocycles. The summed E-state index contributed by atoms with van der Waals surface area (Å²) in [6, 6.07) is 20.0. The van der Waals surface area contributed by atoms with Crippen LogP contribution in [-0.2, 0) is 27.4 Å². The van der Waals surface area contributed by atoms with Crippen LogP contribution in [0, 0.1) is 5.92 Å². The fraction of sp³-hybridized carbons (Fsp3) is 0.429. The van der Waals surface area contributed by atoms with Gasteiger partial charge in [0.25, 0.3) is 0 Å². The van der Waals surface area contributed by atoms with Crippen LogP contribution in [-0.4, -0.2) is 29.7 Å². The quantitative estimate of drug-likeness (QED) is 0.872. The summed E-state index contributed by atoms with van der Waals surface area (Å²) in [7, 11) is 0. The average molecular weight is 342 g/mol. The minimum atomic E-state index is -0.990. The third-order valence-corrected chi connectivity index (χ3v) is 4.79. The molecule has 1 heterocycles. The lowest BCUT2D eigenvalue weighted by atomic mass is 9.91. The van der Waals surface area contributed by atoms with Crippen molar-refractivity contribution in [2.45, 2.75) is 51.7 Å². The van der Waals surface area contributed by atoms with Gasteiger partial charge >= 0.3 is 0 Å². The van der Waals surface area contributed by atoms with E-state index >= 15 is 0 Å². The molecule has 1 fully saturated rings. The smallest absolute Gasteiger partial charge is 0.184 e. The van der Waals surface area contributed by atoms with Crippen molar-refractivity contribution in [2.24, 2.45) is 5.92 Å². The van der Waals surface area contributed by atoms with Gasteiger partial charge in [-0.15, -0.1) is 0 Å². The highest BCUT2D eigenvalue weighted by molar-refractivity contribution is 5.14. The van der Waals surface area contributed by atoms with Crippen molar-refractivity contribution in [1.29, 1.82) is 0 Å². The first-order valence-corrected chi connectivity index (χ1v) is 8.79. The van der Waals surface area contributed by atoms with Crippen LogP contribution in [0.25, 0.3) is 0 Å². The van der Waals surface area contributed by atoms with Gasteiger partial charge in [-0.2, -0.15) is 0 Å². The first-order chi connectivity index (χ1) is 12.1. The Balaban J connectivity index is 1.67. The van der Waals surface area contributed by atoms with E-state index in [-0.39, 0.29) is 18.1 Å². The number of hydrogen-bond donors (Lipinski definition) is 1. The Morgan fingerprint density at radius 3 is 1.80 bits per heavy atom. The van der Waals surface area contributed by atoms with Gasteiger partial charge in [0.05, 0.1) is 25.4 Å². The molecule has 0 bridgehead atoms. The molecule has 4 heteroatoms. The van der Waals surface area contributed by atoms with E-state index < -0.39 is 12.4 Å². The molecule has 3 rings (SSSR count). The van der Waals surface area contributed by atoms with Gasteiger partial charge in [0.1, 0.15) is 6.10 Å². The van der Waals surface area contributed by atoms with Gasteiger partial charge in [0.15, 0.2) is 6.29 Å². The van der Waals surface area contributed by atoms with Gasteiger partial charge < -0.3 is 19.3 Å². The van der Waals surface area contributed by atoms with Crippen LogP contribution in [0.3, 0.4) is 0 Å². The fourth-order valence-corrected chi connectivity index (χ4v) is 3.11. The highest BCUT2D eigenvalue weighted by atomic mass is 16.7. The van der Waals surface area contributed by atoms with E-state index in [0.29, 0.717) is 13.2 Å². The highest BCUT2D eigenvalue weighted by Gasteiger charge is 2.43. The van der Waals surface area contributed by atoms with E-state index in [0.717, 1.165) is 11.1 Å². The van der Waals surface area contributed by atoms with Crippen LogP contribution in [0.4, 0.5) is 0 Å². The third kappa shape index (κ3) is 4.67. The molecule has 1 aliphatic rings. The largest absolute Gasteiger partial charge is 0.370 e. The zero-order chi connectivity index (χ0) is 17.6. The minimum Gasteiger partial charge on any atom is -0.370 e. The van der Waals surface area contributed by atoms with Gasteiger partial charge in [-0.25, -0.2) is 0 Å². The molecule has 1 N–H and O–H groups in total. The number of ether oxygens (including phenoxy) is 3. The summed E-state index contributed by atoms with van der Waals surface area (Å²) in [5.41, 5.74) is 2.16. The van der Waals surface area contributed by atoms with Gasteiger partial charge in [0.2, 0.25) is 0 Å². The lowest BCUT2D eigenvalue weighted by Crippen LogP contribution is -2.54. The Kier molecular flexibility index (Phi) is 6.21. The molecule has 0 spiro atoms. The van der Waals surface area contributed by atoms with Gasteiger partial charge in [-0.3, -0.25) is 0 Å². The van der Waals surface area contributed by atoms with E-state index in [1.54, 1.807) is 0 Å². The van der Waals surface area contributed by atoms with Crippen molar-refractivity contribution in [3.05, 3.63) is 71.8 Å². The van der Waals surface area contributed by atoms with E-state index in [1.807, 2.05) is 67.6 Å². The average Bonchev–Trinajstić information content (AvgIpc) is 2.64. The maximum absolute atomic E-state index is 10.4.